The summed E-state index contributed by atoms with van der Waals surface area (Å²) in [4.78, 5) is 20.9. The van der Waals surface area contributed by atoms with Crippen molar-refractivity contribution in [3.8, 4) is 11.3 Å². The van der Waals surface area contributed by atoms with E-state index in [1.807, 2.05) is 0 Å². The molecule has 9 heteroatoms. The summed E-state index contributed by atoms with van der Waals surface area (Å²) in [5.41, 5.74) is 3.55. The fraction of sp³-hybridized carbons (Fsp3) is 0.100. The molecule has 0 aliphatic carbocycles. The first-order valence-electron chi connectivity index (χ1n) is 8.57. The Labute approximate surface area is 167 Å². The van der Waals surface area contributed by atoms with Crippen LogP contribution in [-0.2, 0) is 27.5 Å². The molecule has 3 aromatic rings. The molecule has 1 heterocycles. The lowest BCUT2D eigenvalue weighted by molar-refractivity contribution is -0.111. The molecule has 3 rings (SSSR count). The monoisotopic (exact) mass is 414 g/mol. The van der Waals surface area contributed by atoms with Gasteiger partial charge in [0, 0.05) is 34.5 Å². The third-order valence-corrected chi connectivity index (χ3v) is 4.41. The quantitative estimate of drug-likeness (QED) is 0.450. The Morgan fingerprint density at radius 3 is 2.59 bits per heavy atom. The van der Waals surface area contributed by atoms with Crippen LogP contribution in [0.2, 0.25) is 0 Å². The van der Waals surface area contributed by atoms with Gasteiger partial charge in [0.05, 0.1) is 11.9 Å². The lowest BCUT2D eigenvalue weighted by Crippen LogP contribution is -2.07. The number of nitrogens with zero attached hydrogens (tertiary/aromatic N) is 2. The molecule has 1 atom stereocenters. The van der Waals surface area contributed by atoms with Crippen molar-refractivity contribution >= 4 is 25.9 Å². The predicted octanol–water partition coefficient (Wildman–Crippen LogP) is 4.04. The van der Waals surface area contributed by atoms with E-state index in [0.29, 0.717) is 11.3 Å². The first-order valence-corrected chi connectivity index (χ1v) is 9.70. The number of aryl methyl sites for hydroxylation is 1. The molecule has 0 spiro atoms. The molecule has 0 fully saturated rings. The Bertz CT molecular complexity index is 1050. The number of halogens is 1. The summed E-state index contributed by atoms with van der Waals surface area (Å²) in [6.45, 7) is 0.00695. The second kappa shape index (κ2) is 9.34. The van der Waals surface area contributed by atoms with Crippen molar-refractivity contribution < 1.29 is 23.2 Å². The van der Waals surface area contributed by atoms with Crippen molar-refractivity contribution in [1.82, 2.24) is 9.78 Å². The van der Waals surface area contributed by atoms with Crippen LogP contribution < -0.4 is 5.32 Å². The number of carbonyl (C=O) groups is 1. The fourth-order valence-corrected chi connectivity index (χ4v) is 2.96. The van der Waals surface area contributed by atoms with Gasteiger partial charge in [0.1, 0.15) is 12.4 Å². The molecule has 0 saturated heterocycles. The highest BCUT2D eigenvalue weighted by Crippen LogP contribution is 2.24. The number of anilines is 1. The average Bonchev–Trinajstić information content (AvgIpc) is 3.07. The van der Waals surface area contributed by atoms with Gasteiger partial charge in [-0.25, -0.2) is 4.39 Å². The number of hydrogen-bond acceptors (Lipinski definition) is 4. The van der Waals surface area contributed by atoms with Crippen LogP contribution in [0.25, 0.3) is 17.3 Å². The highest BCUT2D eigenvalue weighted by Gasteiger charge is 2.12. The fourth-order valence-electron chi connectivity index (χ4n) is 2.70. The zero-order valence-electron chi connectivity index (χ0n) is 15.4. The standard InChI is InChI=1S/C20H17FN3O4P/c1-24-20(15-4-7-17(21)8-5-15)16(12-22-24)6-11-19(25)23-18-9-2-14(3-10-18)13-28-29(26)27/h2-12H,13H2,1H3,(H-,23,25,26,27)/p+1/b11-6+. The number of aromatic nitrogens is 2. The molecule has 0 radical (unpaired) electrons. The molecule has 2 N–H and O–H groups in total. The van der Waals surface area contributed by atoms with E-state index in [9.17, 15) is 13.8 Å². The van der Waals surface area contributed by atoms with Gasteiger partial charge in [-0.15, -0.1) is 9.42 Å². The van der Waals surface area contributed by atoms with Gasteiger partial charge < -0.3 is 5.32 Å². The molecular weight excluding hydrogens is 396 g/mol. The van der Waals surface area contributed by atoms with Crippen LogP contribution in [0.5, 0.6) is 0 Å². The minimum atomic E-state index is -2.65. The number of carbonyl (C=O) groups excluding carboxylic acids is 1. The molecule has 1 amide bonds. The third-order valence-electron chi connectivity index (χ3n) is 4.06. The first-order chi connectivity index (χ1) is 13.9. The smallest absolute Gasteiger partial charge is 0.323 e. The summed E-state index contributed by atoms with van der Waals surface area (Å²) in [6, 6.07) is 12.8. The summed E-state index contributed by atoms with van der Waals surface area (Å²) < 4.78 is 30.0. The van der Waals surface area contributed by atoms with E-state index in [1.165, 1.54) is 18.2 Å². The topological polar surface area (TPSA) is 93.5 Å². The largest absolute Gasteiger partial charge is 0.695 e. The summed E-state index contributed by atoms with van der Waals surface area (Å²) in [5.74, 6) is -0.656. The maximum atomic E-state index is 13.2. The van der Waals surface area contributed by atoms with E-state index in [2.05, 4.69) is 14.9 Å². The molecule has 7 nitrogen and oxygen atoms in total. The maximum Gasteiger partial charge on any atom is 0.695 e. The van der Waals surface area contributed by atoms with Gasteiger partial charge in [-0.2, -0.15) is 5.10 Å². The van der Waals surface area contributed by atoms with Gasteiger partial charge in [-0.05, 0) is 48.0 Å². The lowest BCUT2D eigenvalue weighted by atomic mass is 10.1. The second-order valence-corrected chi connectivity index (χ2v) is 6.84. The van der Waals surface area contributed by atoms with Crippen molar-refractivity contribution in [2.45, 2.75) is 6.61 Å². The normalized spacial score (nSPS) is 11.6. The lowest BCUT2D eigenvalue weighted by Gasteiger charge is -2.05. The van der Waals surface area contributed by atoms with Gasteiger partial charge in [0.25, 0.3) is 0 Å². The molecule has 29 heavy (non-hydrogen) atoms. The van der Waals surface area contributed by atoms with Crippen molar-refractivity contribution in [3.05, 3.63) is 77.7 Å². The summed E-state index contributed by atoms with van der Waals surface area (Å²) >= 11 is 0. The summed E-state index contributed by atoms with van der Waals surface area (Å²) in [6.07, 6.45) is 4.65. The van der Waals surface area contributed by atoms with E-state index in [1.54, 1.807) is 60.4 Å². The number of hydrogen-bond donors (Lipinski definition) is 2. The zero-order chi connectivity index (χ0) is 20.8. The van der Waals surface area contributed by atoms with Crippen LogP contribution in [0.4, 0.5) is 10.1 Å². The minimum Gasteiger partial charge on any atom is -0.323 e. The molecule has 0 aliphatic rings. The molecule has 1 aromatic heterocycles. The van der Waals surface area contributed by atoms with Gasteiger partial charge >= 0.3 is 8.25 Å². The summed E-state index contributed by atoms with van der Waals surface area (Å²) in [5, 5.41) is 6.93. The van der Waals surface area contributed by atoms with Crippen LogP contribution in [-0.4, -0.2) is 20.6 Å². The van der Waals surface area contributed by atoms with E-state index in [-0.39, 0.29) is 18.3 Å². The van der Waals surface area contributed by atoms with Crippen LogP contribution in [0, 0.1) is 5.82 Å². The van der Waals surface area contributed by atoms with Crippen molar-refractivity contribution in [2.75, 3.05) is 5.32 Å². The second-order valence-electron chi connectivity index (χ2n) is 6.11. The van der Waals surface area contributed by atoms with Gasteiger partial charge in [-0.1, -0.05) is 12.1 Å². The molecule has 1 unspecified atom stereocenters. The summed E-state index contributed by atoms with van der Waals surface area (Å²) in [7, 11) is -0.875. The van der Waals surface area contributed by atoms with Gasteiger partial charge in [-0.3, -0.25) is 9.48 Å². The Morgan fingerprint density at radius 2 is 1.93 bits per heavy atom. The number of rotatable bonds is 7. The highest BCUT2D eigenvalue weighted by atomic mass is 31.1. The first kappa shape index (κ1) is 20.5. The Hall–Kier alpha value is -3.19. The van der Waals surface area contributed by atoms with Crippen molar-refractivity contribution in [3.63, 3.8) is 0 Å². The molecule has 0 aliphatic heterocycles. The average molecular weight is 414 g/mol. The number of benzene rings is 2. The van der Waals surface area contributed by atoms with Crippen LogP contribution in [0.1, 0.15) is 11.1 Å². The molecule has 2 aromatic carbocycles. The number of amides is 1. The van der Waals surface area contributed by atoms with E-state index in [4.69, 9.17) is 4.89 Å². The third kappa shape index (κ3) is 5.65. The SMILES string of the molecule is Cn1ncc(/C=C/C(=O)Nc2ccc(CO[P+](=O)O)cc2)c1-c1ccc(F)cc1. The van der Waals surface area contributed by atoms with Gasteiger partial charge in [0.2, 0.25) is 5.91 Å². The van der Waals surface area contributed by atoms with Crippen molar-refractivity contribution in [2.24, 2.45) is 7.05 Å². The van der Waals surface area contributed by atoms with E-state index < -0.39 is 8.25 Å². The molecule has 148 valence electrons. The van der Waals surface area contributed by atoms with E-state index >= 15 is 0 Å². The predicted molar refractivity (Wildman–Crippen MR) is 107 cm³/mol. The Balaban J connectivity index is 1.67. The van der Waals surface area contributed by atoms with Crippen LogP contribution in [0.3, 0.4) is 0 Å². The van der Waals surface area contributed by atoms with Crippen molar-refractivity contribution in [1.29, 1.82) is 0 Å². The van der Waals surface area contributed by atoms with Crippen LogP contribution in [0.15, 0.2) is 60.8 Å². The number of nitrogens with one attached hydrogen (secondary N) is 1. The molecule has 0 bridgehead atoms. The Morgan fingerprint density at radius 1 is 1.24 bits per heavy atom. The maximum absolute atomic E-state index is 13.2. The highest BCUT2D eigenvalue weighted by molar-refractivity contribution is 7.32. The zero-order valence-corrected chi connectivity index (χ0v) is 16.3. The van der Waals surface area contributed by atoms with Gasteiger partial charge in [0.15, 0.2) is 0 Å². The van der Waals surface area contributed by atoms with Crippen LogP contribution >= 0.6 is 8.25 Å². The van der Waals surface area contributed by atoms with E-state index in [0.717, 1.165) is 16.8 Å². The minimum absolute atomic E-state index is 0.00695. The molecular formula is C20H18FN3O4P+. The molecule has 0 saturated carbocycles. The Kier molecular flexibility index (Phi) is 6.61.